The first-order valence-corrected chi connectivity index (χ1v) is 7.75. The average Bonchev–Trinajstić information content (AvgIpc) is 2.68. The van der Waals surface area contributed by atoms with Gasteiger partial charge in [-0.3, -0.25) is 0 Å². The van der Waals surface area contributed by atoms with Gasteiger partial charge in [0.2, 0.25) is 0 Å². The van der Waals surface area contributed by atoms with E-state index in [0.29, 0.717) is 5.69 Å². The molecule has 0 bridgehead atoms. The minimum absolute atomic E-state index is 0.260. The van der Waals surface area contributed by atoms with Gasteiger partial charge in [-0.25, -0.2) is 4.39 Å². The van der Waals surface area contributed by atoms with Crippen LogP contribution in [0.1, 0.15) is 27.7 Å². The molecule has 2 aromatic rings. The van der Waals surface area contributed by atoms with Gasteiger partial charge in [0.1, 0.15) is 5.82 Å². The molecule has 1 N–H and O–H groups in total. The Balaban J connectivity index is 1.73. The van der Waals surface area contributed by atoms with Crippen molar-refractivity contribution in [1.82, 2.24) is 0 Å². The van der Waals surface area contributed by atoms with E-state index in [-0.39, 0.29) is 24.1 Å². The normalized spacial score (nSPS) is 18.9. The summed E-state index contributed by atoms with van der Waals surface area (Å²) in [5.74, 6) is -0.260. The zero-order chi connectivity index (χ0) is 16.7. The molecule has 1 aliphatic heterocycles. The van der Waals surface area contributed by atoms with E-state index in [0.717, 1.165) is 11.2 Å². The number of nitrogens with one attached hydrogen (secondary N) is 1. The zero-order valence-electron chi connectivity index (χ0n) is 13.9. The maximum absolute atomic E-state index is 13.2. The van der Waals surface area contributed by atoms with Crippen LogP contribution in [0.3, 0.4) is 0 Å². The molecule has 0 aliphatic carbocycles. The lowest BCUT2D eigenvalue weighted by Crippen LogP contribution is -2.41. The van der Waals surface area contributed by atoms with Crippen molar-refractivity contribution in [3.8, 4) is 0 Å². The van der Waals surface area contributed by atoms with Crippen molar-refractivity contribution in [3.05, 3.63) is 54.3 Å². The van der Waals surface area contributed by atoms with Crippen LogP contribution in [0.15, 0.2) is 48.5 Å². The molecule has 0 amide bonds. The molecule has 1 saturated heterocycles. The van der Waals surface area contributed by atoms with Crippen LogP contribution in [0.4, 0.5) is 15.8 Å². The third kappa shape index (κ3) is 3.26. The van der Waals surface area contributed by atoms with E-state index in [9.17, 15) is 4.39 Å². The summed E-state index contributed by atoms with van der Waals surface area (Å²) in [5, 5.41) is 3.17. The summed E-state index contributed by atoms with van der Waals surface area (Å²) < 4.78 is 25.3. The van der Waals surface area contributed by atoms with Gasteiger partial charge in [0.25, 0.3) is 0 Å². The predicted molar refractivity (Wildman–Crippen MR) is 91.8 cm³/mol. The van der Waals surface area contributed by atoms with Gasteiger partial charge in [-0.2, -0.15) is 0 Å². The summed E-state index contributed by atoms with van der Waals surface area (Å²) in [7, 11) is -0.372. The van der Waals surface area contributed by atoms with Crippen molar-refractivity contribution < 1.29 is 13.7 Å². The minimum Gasteiger partial charge on any atom is -0.399 e. The molecule has 0 atom stereocenters. The van der Waals surface area contributed by atoms with Crippen LogP contribution in [0.5, 0.6) is 0 Å². The molecule has 23 heavy (non-hydrogen) atoms. The lowest BCUT2D eigenvalue weighted by Gasteiger charge is -2.32. The van der Waals surface area contributed by atoms with Crippen molar-refractivity contribution in [2.75, 3.05) is 5.32 Å². The highest BCUT2D eigenvalue weighted by Crippen LogP contribution is 2.36. The standard InChI is InChI=1S/C18H21BFNO2/c1-17(2)18(3,4)23-19(22-17)13-8-10-15(11-9-13)21-16-7-5-6-14(20)12-16/h5-12,21H,1-4H3. The van der Waals surface area contributed by atoms with E-state index in [2.05, 4.69) is 5.32 Å². The Morgan fingerprint density at radius 3 is 2.04 bits per heavy atom. The molecule has 3 nitrogen and oxygen atoms in total. The van der Waals surface area contributed by atoms with E-state index in [1.54, 1.807) is 6.07 Å². The molecule has 0 spiro atoms. The molecule has 2 aromatic carbocycles. The van der Waals surface area contributed by atoms with Crippen LogP contribution in [0, 0.1) is 5.82 Å². The second-order valence-corrected chi connectivity index (χ2v) is 6.85. The fraction of sp³-hybridized carbons (Fsp3) is 0.333. The van der Waals surface area contributed by atoms with E-state index < -0.39 is 0 Å². The van der Waals surface area contributed by atoms with E-state index in [4.69, 9.17) is 9.31 Å². The molecule has 3 rings (SSSR count). The molecule has 1 fully saturated rings. The van der Waals surface area contributed by atoms with Crippen molar-refractivity contribution in [2.24, 2.45) is 0 Å². The molecular formula is C18H21BFNO2. The van der Waals surface area contributed by atoms with Crippen LogP contribution in [-0.2, 0) is 9.31 Å². The van der Waals surface area contributed by atoms with Crippen LogP contribution in [0.25, 0.3) is 0 Å². The van der Waals surface area contributed by atoms with Gasteiger partial charge in [0.15, 0.2) is 0 Å². The van der Waals surface area contributed by atoms with Gasteiger partial charge in [0.05, 0.1) is 11.2 Å². The summed E-state index contributed by atoms with van der Waals surface area (Å²) in [4.78, 5) is 0. The summed E-state index contributed by atoms with van der Waals surface area (Å²) in [6.45, 7) is 8.14. The highest BCUT2D eigenvalue weighted by atomic mass is 19.1. The third-order valence-electron chi connectivity index (χ3n) is 4.55. The van der Waals surface area contributed by atoms with Crippen molar-refractivity contribution in [1.29, 1.82) is 0 Å². The van der Waals surface area contributed by atoms with Gasteiger partial charge in [-0.15, -0.1) is 0 Å². The average molecular weight is 313 g/mol. The largest absolute Gasteiger partial charge is 0.494 e. The van der Waals surface area contributed by atoms with Gasteiger partial charge in [-0.1, -0.05) is 18.2 Å². The second-order valence-electron chi connectivity index (χ2n) is 6.85. The van der Waals surface area contributed by atoms with Crippen molar-refractivity contribution >= 4 is 24.0 Å². The smallest absolute Gasteiger partial charge is 0.399 e. The molecule has 5 heteroatoms. The lowest BCUT2D eigenvalue weighted by molar-refractivity contribution is 0.00578. The Morgan fingerprint density at radius 2 is 1.48 bits per heavy atom. The van der Waals surface area contributed by atoms with Crippen LogP contribution in [-0.4, -0.2) is 18.3 Å². The first-order valence-electron chi connectivity index (χ1n) is 7.75. The Kier molecular flexibility index (Phi) is 3.94. The molecular weight excluding hydrogens is 292 g/mol. The molecule has 1 aliphatic rings. The summed E-state index contributed by atoms with van der Waals surface area (Å²) in [6.07, 6.45) is 0. The highest BCUT2D eigenvalue weighted by molar-refractivity contribution is 6.62. The zero-order valence-corrected chi connectivity index (χ0v) is 13.9. The Hall–Kier alpha value is -1.85. The van der Waals surface area contributed by atoms with Crippen LogP contribution in [0.2, 0.25) is 0 Å². The number of halogens is 1. The Labute approximate surface area is 137 Å². The summed E-state index contributed by atoms with van der Waals surface area (Å²) >= 11 is 0. The van der Waals surface area contributed by atoms with Gasteiger partial charge >= 0.3 is 7.12 Å². The first-order chi connectivity index (χ1) is 10.8. The fourth-order valence-corrected chi connectivity index (χ4v) is 2.44. The fourth-order valence-electron chi connectivity index (χ4n) is 2.44. The van der Waals surface area contributed by atoms with Gasteiger partial charge in [0, 0.05) is 11.4 Å². The first kappa shape index (κ1) is 16.0. The number of benzene rings is 2. The van der Waals surface area contributed by atoms with Crippen molar-refractivity contribution in [2.45, 2.75) is 38.9 Å². The molecule has 0 saturated carbocycles. The minimum atomic E-state index is -0.372. The van der Waals surface area contributed by atoms with Crippen molar-refractivity contribution in [3.63, 3.8) is 0 Å². The van der Waals surface area contributed by atoms with Crippen LogP contribution >= 0.6 is 0 Å². The van der Waals surface area contributed by atoms with Gasteiger partial charge in [-0.05, 0) is 63.5 Å². The molecule has 120 valence electrons. The third-order valence-corrected chi connectivity index (χ3v) is 4.55. The summed E-state index contributed by atoms with van der Waals surface area (Å²) in [6, 6.07) is 14.2. The van der Waals surface area contributed by atoms with E-state index in [1.807, 2.05) is 58.0 Å². The number of anilines is 2. The topological polar surface area (TPSA) is 30.5 Å². The Morgan fingerprint density at radius 1 is 0.870 bits per heavy atom. The lowest BCUT2D eigenvalue weighted by atomic mass is 9.79. The quantitative estimate of drug-likeness (QED) is 0.873. The maximum atomic E-state index is 13.2. The molecule has 1 heterocycles. The number of rotatable bonds is 3. The SMILES string of the molecule is CC1(C)OB(c2ccc(Nc3cccc(F)c3)cc2)OC1(C)C. The Bertz CT molecular complexity index is 684. The van der Waals surface area contributed by atoms with E-state index in [1.165, 1.54) is 12.1 Å². The monoisotopic (exact) mass is 313 g/mol. The summed E-state index contributed by atoms with van der Waals surface area (Å²) in [5.41, 5.74) is 1.87. The second kappa shape index (κ2) is 5.66. The highest BCUT2D eigenvalue weighted by Gasteiger charge is 2.51. The molecule has 0 unspecified atom stereocenters. The predicted octanol–water partition coefficient (Wildman–Crippen LogP) is 3.87. The number of hydrogen-bond acceptors (Lipinski definition) is 3. The molecule has 0 aromatic heterocycles. The molecule has 0 radical (unpaired) electrons. The van der Waals surface area contributed by atoms with Gasteiger partial charge < -0.3 is 14.6 Å². The number of hydrogen-bond donors (Lipinski definition) is 1. The van der Waals surface area contributed by atoms with E-state index >= 15 is 0 Å². The maximum Gasteiger partial charge on any atom is 0.494 e. The van der Waals surface area contributed by atoms with Crippen LogP contribution < -0.4 is 10.8 Å².